The molecule has 0 aromatic carbocycles. The molecule has 0 saturated heterocycles. The van der Waals surface area contributed by atoms with E-state index < -0.39 is 0 Å². The zero-order chi connectivity index (χ0) is 11.8. The summed E-state index contributed by atoms with van der Waals surface area (Å²) in [5.74, 6) is 1.67. The Balaban J connectivity index is 2.25. The van der Waals surface area contributed by atoms with Gasteiger partial charge in [-0.25, -0.2) is 0 Å². The van der Waals surface area contributed by atoms with E-state index in [9.17, 15) is 4.79 Å². The van der Waals surface area contributed by atoms with E-state index in [-0.39, 0.29) is 5.91 Å². The molecule has 0 spiro atoms. The van der Waals surface area contributed by atoms with Crippen LogP contribution < -0.4 is 0 Å². The van der Waals surface area contributed by atoms with Gasteiger partial charge >= 0.3 is 0 Å². The van der Waals surface area contributed by atoms with Crippen molar-refractivity contribution in [2.75, 3.05) is 18.6 Å². The molecular weight excluding hydrogens is 238 g/mol. The fourth-order valence-corrected chi connectivity index (χ4v) is 2.74. The highest BCUT2D eigenvalue weighted by Gasteiger charge is 2.08. The van der Waals surface area contributed by atoms with Gasteiger partial charge in [-0.3, -0.25) is 4.79 Å². The predicted octanol–water partition coefficient (Wildman–Crippen LogP) is 3.02. The zero-order valence-electron chi connectivity index (χ0n) is 9.68. The molecule has 0 fully saturated rings. The van der Waals surface area contributed by atoms with Gasteiger partial charge in [0.15, 0.2) is 0 Å². The first-order valence-electron chi connectivity index (χ1n) is 5.19. The molecule has 88 valence electrons. The summed E-state index contributed by atoms with van der Waals surface area (Å²) in [6, 6.07) is 4.07. The van der Waals surface area contributed by atoms with Crippen LogP contribution in [0.15, 0.2) is 29.7 Å². The molecule has 0 N–H and O–H groups in total. The molecule has 0 atom stereocenters. The highest BCUT2D eigenvalue weighted by Crippen LogP contribution is 2.12. The molecule has 0 aliphatic carbocycles. The molecule has 1 aromatic rings. The second kappa shape index (κ2) is 7.52. The van der Waals surface area contributed by atoms with Gasteiger partial charge in [0, 0.05) is 17.7 Å². The van der Waals surface area contributed by atoms with Gasteiger partial charge in [-0.05, 0) is 18.4 Å². The molecule has 0 saturated carbocycles. The minimum Gasteiger partial charge on any atom is -0.340 e. The largest absolute Gasteiger partial charge is 0.340 e. The fourth-order valence-electron chi connectivity index (χ4n) is 1.15. The van der Waals surface area contributed by atoms with Crippen LogP contribution in [-0.2, 0) is 11.3 Å². The van der Waals surface area contributed by atoms with Crippen molar-refractivity contribution in [1.82, 2.24) is 4.90 Å². The van der Waals surface area contributed by atoms with Crippen LogP contribution in [0.3, 0.4) is 0 Å². The summed E-state index contributed by atoms with van der Waals surface area (Å²) >= 11 is 3.34. The molecule has 0 aliphatic rings. The third kappa shape index (κ3) is 4.86. The summed E-state index contributed by atoms with van der Waals surface area (Å²) in [5.41, 5.74) is 0. The summed E-state index contributed by atoms with van der Waals surface area (Å²) in [6.45, 7) is 2.71. The monoisotopic (exact) mass is 255 g/mol. The second-order valence-electron chi connectivity index (χ2n) is 3.41. The van der Waals surface area contributed by atoms with Crippen LogP contribution in [0.4, 0.5) is 0 Å². The van der Waals surface area contributed by atoms with Gasteiger partial charge in [-0.2, -0.15) is 0 Å². The number of nitrogens with zero attached hydrogens (tertiary/aromatic N) is 1. The van der Waals surface area contributed by atoms with Gasteiger partial charge in [-0.15, -0.1) is 23.1 Å². The predicted molar refractivity (Wildman–Crippen MR) is 72.9 cm³/mol. The minimum absolute atomic E-state index is 0.197. The van der Waals surface area contributed by atoms with E-state index in [4.69, 9.17) is 0 Å². The van der Waals surface area contributed by atoms with Crippen molar-refractivity contribution in [3.8, 4) is 0 Å². The van der Waals surface area contributed by atoms with Crippen LogP contribution >= 0.6 is 23.1 Å². The van der Waals surface area contributed by atoms with E-state index in [0.717, 1.165) is 12.3 Å². The first kappa shape index (κ1) is 13.3. The quantitative estimate of drug-likeness (QED) is 0.575. The Morgan fingerprint density at radius 1 is 1.62 bits per heavy atom. The van der Waals surface area contributed by atoms with Crippen LogP contribution in [0.2, 0.25) is 0 Å². The van der Waals surface area contributed by atoms with E-state index >= 15 is 0 Å². The number of amides is 1. The Hall–Kier alpha value is -0.740. The van der Waals surface area contributed by atoms with E-state index in [1.807, 2.05) is 31.5 Å². The normalized spacial score (nSPS) is 10.9. The van der Waals surface area contributed by atoms with Crippen molar-refractivity contribution in [2.24, 2.45) is 0 Å². The van der Waals surface area contributed by atoms with E-state index in [0.29, 0.717) is 5.75 Å². The van der Waals surface area contributed by atoms with Gasteiger partial charge in [0.1, 0.15) is 0 Å². The van der Waals surface area contributed by atoms with Crippen molar-refractivity contribution in [2.45, 2.75) is 13.5 Å². The Bertz CT molecular complexity index is 333. The lowest BCUT2D eigenvalue weighted by Crippen LogP contribution is -2.27. The summed E-state index contributed by atoms with van der Waals surface area (Å²) in [5, 5.41) is 2.04. The molecular formula is C12H17NOS2. The van der Waals surface area contributed by atoms with Gasteiger partial charge in [0.2, 0.25) is 5.91 Å². The highest BCUT2D eigenvalue weighted by molar-refractivity contribution is 8.00. The number of hydrogen-bond acceptors (Lipinski definition) is 3. The Morgan fingerprint density at radius 3 is 3.06 bits per heavy atom. The van der Waals surface area contributed by atoms with Crippen molar-refractivity contribution in [3.05, 3.63) is 34.5 Å². The summed E-state index contributed by atoms with van der Waals surface area (Å²) in [6.07, 6.45) is 4.07. The minimum atomic E-state index is 0.197. The fraction of sp³-hybridized carbons (Fsp3) is 0.417. The number of allylic oxidation sites excluding steroid dienone is 1. The van der Waals surface area contributed by atoms with Crippen molar-refractivity contribution in [3.63, 3.8) is 0 Å². The molecule has 4 heteroatoms. The molecule has 0 radical (unpaired) electrons. The van der Waals surface area contributed by atoms with E-state index in [2.05, 4.69) is 12.1 Å². The molecule has 16 heavy (non-hydrogen) atoms. The maximum absolute atomic E-state index is 11.7. The number of thioether (sulfide) groups is 1. The number of carbonyl (C=O) groups excluding carboxylic acids is 1. The van der Waals surface area contributed by atoms with Crippen LogP contribution in [0.25, 0.3) is 0 Å². The molecule has 1 rings (SSSR count). The van der Waals surface area contributed by atoms with Gasteiger partial charge < -0.3 is 4.90 Å². The van der Waals surface area contributed by atoms with Gasteiger partial charge in [0.05, 0.1) is 12.3 Å². The molecule has 1 heterocycles. The van der Waals surface area contributed by atoms with Crippen LogP contribution in [-0.4, -0.2) is 29.4 Å². The van der Waals surface area contributed by atoms with Crippen molar-refractivity contribution in [1.29, 1.82) is 0 Å². The molecule has 1 amide bonds. The second-order valence-corrected chi connectivity index (χ2v) is 5.48. The van der Waals surface area contributed by atoms with Crippen molar-refractivity contribution < 1.29 is 4.79 Å². The summed E-state index contributed by atoms with van der Waals surface area (Å²) < 4.78 is 0. The standard InChI is InChI=1S/C12H17NOS2/c1-3-4-7-15-10-12(14)13(2)9-11-6-5-8-16-11/h3-6,8H,7,9-10H2,1-2H3. The maximum atomic E-state index is 11.7. The van der Waals surface area contributed by atoms with E-state index in [1.165, 1.54) is 4.88 Å². The number of rotatable bonds is 6. The molecule has 0 aliphatic heterocycles. The van der Waals surface area contributed by atoms with Crippen LogP contribution in [0, 0.1) is 0 Å². The molecule has 2 nitrogen and oxygen atoms in total. The zero-order valence-corrected chi connectivity index (χ0v) is 11.3. The smallest absolute Gasteiger partial charge is 0.232 e. The average Bonchev–Trinajstić information content (AvgIpc) is 2.76. The SMILES string of the molecule is CC=CCSCC(=O)N(C)Cc1cccs1. The number of thiophene rings is 1. The number of carbonyl (C=O) groups is 1. The third-order valence-corrected chi connectivity index (χ3v) is 3.81. The first-order chi connectivity index (χ1) is 7.74. The summed E-state index contributed by atoms with van der Waals surface area (Å²) in [7, 11) is 1.86. The molecule has 1 aromatic heterocycles. The first-order valence-corrected chi connectivity index (χ1v) is 7.22. The Labute approximate surface area is 105 Å². The average molecular weight is 255 g/mol. The topological polar surface area (TPSA) is 20.3 Å². The lowest BCUT2D eigenvalue weighted by Gasteiger charge is -2.15. The van der Waals surface area contributed by atoms with E-state index in [1.54, 1.807) is 28.0 Å². The maximum Gasteiger partial charge on any atom is 0.232 e. The third-order valence-electron chi connectivity index (χ3n) is 2.07. The van der Waals surface area contributed by atoms with Gasteiger partial charge in [0.25, 0.3) is 0 Å². The molecule has 0 bridgehead atoms. The van der Waals surface area contributed by atoms with Crippen molar-refractivity contribution >= 4 is 29.0 Å². The number of hydrogen-bond donors (Lipinski definition) is 0. The Morgan fingerprint density at radius 2 is 2.44 bits per heavy atom. The molecule has 0 unspecified atom stereocenters. The Kier molecular flexibility index (Phi) is 6.26. The van der Waals surface area contributed by atoms with Crippen LogP contribution in [0.5, 0.6) is 0 Å². The lowest BCUT2D eigenvalue weighted by molar-refractivity contribution is -0.127. The van der Waals surface area contributed by atoms with Gasteiger partial charge in [-0.1, -0.05) is 18.2 Å². The summed E-state index contributed by atoms with van der Waals surface area (Å²) in [4.78, 5) is 14.7. The van der Waals surface area contributed by atoms with Crippen LogP contribution in [0.1, 0.15) is 11.8 Å². The highest BCUT2D eigenvalue weighted by atomic mass is 32.2. The lowest BCUT2D eigenvalue weighted by atomic mass is 10.4.